The molecule has 0 spiro atoms. The molecule has 4 unspecified atom stereocenters. The fraction of sp³-hybridized carbons (Fsp3) is 0.875. The minimum atomic E-state index is 0.277. The van der Waals surface area contributed by atoms with E-state index < -0.39 is 0 Å². The van der Waals surface area contributed by atoms with E-state index in [1.807, 2.05) is 0 Å². The Morgan fingerprint density at radius 2 is 1.70 bits per heavy atom. The van der Waals surface area contributed by atoms with Crippen molar-refractivity contribution in [3.05, 3.63) is 0 Å². The summed E-state index contributed by atoms with van der Waals surface area (Å²) in [7, 11) is 0. The Morgan fingerprint density at radius 3 is 2.10 bits per heavy atom. The summed E-state index contributed by atoms with van der Waals surface area (Å²) in [5.41, 5.74) is 0.277. The van der Waals surface area contributed by atoms with Gasteiger partial charge in [-0.25, -0.2) is 0 Å². The lowest BCUT2D eigenvalue weighted by molar-refractivity contribution is 0.225. The number of nitriles is 1. The summed E-state index contributed by atoms with van der Waals surface area (Å²) in [6, 6.07) is 5.37. The number of nitrogens with zero attached hydrogens (tertiary/aromatic N) is 2. The zero-order chi connectivity index (χ0) is 6.25. The molecule has 4 aliphatic carbocycles. The first-order chi connectivity index (χ1) is 4.93. The Balaban J connectivity index is 1.80. The highest BCUT2D eigenvalue weighted by Crippen LogP contribution is 2.97. The van der Waals surface area contributed by atoms with Gasteiger partial charge in [0.2, 0.25) is 0 Å². The van der Waals surface area contributed by atoms with Gasteiger partial charge in [-0.3, -0.25) is 4.90 Å². The normalized spacial score (nSPS) is 95.3. The molecule has 3 heterocycles. The monoisotopic (exact) mass is 130 g/mol. The molecule has 0 aromatic heterocycles. The summed E-state index contributed by atoms with van der Waals surface area (Å²) in [6.07, 6.45) is 0. The van der Waals surface area contributed by atoms with Crippen molar-refractivity contribution in [2.75, 3.05) is 0 Å². The summed E-state index contributed by atoms with van der Waals surface area (Å²) in [4.78, 5) is 2.61. The van der Waals surface area contributed by atoms with Crippen LogP contribution in [-0.2, 0) is 0 Å². The molecular weight excluding hydrogens is 124 g/mol. The molecule has 2 heteroatoms. The zero-order valence-corrected chi connectivity index (χ0v) is 5.36. The van der Waals surface area contributed by atoms with Crippen LogP contribution in [0.2, 0.25) is 0 Å². The van der Waals surface area contributed by atoms with E-state index in [9.17, 15) is 0 Å². The molecule has 7 fully saturated rings. The van der Waals surface area contributed by atoms with Crippen molar-refractivity contribution < 1.29 is 0 Å². The summed E-state index contributed by atoms with van der Waals surface area (Å²) < 4.78 is 0. The fourth-order valence-electron chi connectivity index (χ4n) is 4.14. The number of piperidine rings is 2. The molecule has 3 aliphatic heterocycles. The Bertz CT molecular complexity index is 299. The van der Waals surface area contributed by atoms with Crippen molar-refractivity contribution in [2.24, 2.45) is 23.2 Å². The van der Waals surface area contributed by atoms with Crippen LogP contribution in [0.15, 0.2) is 0 Å². The molecule has 3 saturated heterocycles. The molecule has 0 aromatic rings. The predicted molar refractivity (Wildman–Crippen MR) is 31.7 cm³/mol. The minimum absolute atomic E-state index is 0.277. The van der Waals surface area contributed by atoms with Crippen LogP contribution < -0.4 is 0 Å². The quantitative estimate of drug-likeness (QED) is 0.425. The predicted octanol–water partition coefficient (Wildman–Crippen LogP) is -0.179. The Kier molecular flexibility index (Phi) is 0.232. The van der Waals surface area contributed by atoms with E-state index >= 15 is 0 Å². The number of rotatable bonds is 0. The van der Waals surface area contributed by atoms with E-state index in [2.05, 4.69) is 11.0 Å². The van der Waals surface area contributed by atoms with Crippen LogP contribution in [0.5, 0.6) is 0 Å². The maximum Gasteiger partial charge on any atom is 0.0703 e. The lowest BCUT2D eigenvalue weighted by Crippen LogP contribution is -2.39. The second-order valence-electron chi connectivity index (χ2n) is 4.54. The molecule has 7 aliphatic rings. The van der Waals surface area contributed by atoms with E-state index in [0.29, 0.717) is 0 Å². The topological polar surface area (TPSA) is 26.8 Å². The lowest BCUT2D eigenvalue weighted by Gasteiger charge is -2.28. The Labute approximate surface area is 58.4 Å². The van der Waals surface area contributed by atoms with E-state index in [0.717, 1.165) is 35.9 Å². The van der Waals surface area contributed by atoms with Gasteiger partial charge in [0.15, 0.2) is 0 Å². The number of hydrogen-bond donors (Lipinski definition) is 0. The van der Waals surface area contributed by atoms with Gasteiger partial charge in [0, 0.05) is 30.0 Å². The highest BCUT2D eigenvalue weighted by molar-refractivity contribution is 5.58. The molecular formula is C8H6N2. The highest BCUT2D eigenvalue weighted by atomic mass is 15.6. The second kappa shape index (κ2) is 0.622. The largest absolute Gasteiger partial charge is 0.287 e. The second-order valence-corrected chi connectivity index (χ2v) is 4.54. The van der Waals surface area contributed by atoms with E-state index in [1.54, 1.807) is 0 Å². The molecule has 0 amide bonds. The van der Waals surface area contributed by atoms with Gasteiger partial charge >= 0.3 is 0 Å². The van der Waals surface area contributed by atoms with Gasteiger partial charge in [0.1, 0.15) is 0 Å². The average molecular weight is 130 g/mol. The summed E-state index contributed by atoms with van der Waals surface area (Å²) in [5, 5.41) is 8.89. The summed E-state index contributed by atoms with van der Waals surface area (Å²) in [6.45, 7) is 0. The van der Waals surface area contributed by atoms with Crippen LogP contribution in [0.1, 0.15) is 0 Å². The highest BCUT2D eigenvalue weighted by Gasteiger charge is 3.05. The van der Waals surface area contributed by atoms with Gasteiger partial charge in [0.25, 0.3) is 0 Å². The van der Waals surface area contributed by atoms with Crippen molar-refractivity contribution in [3.8, 4) is 6.07 Å². The summed E-state index contributed by atoms with van der Waals surface area (Å²) in [5.74, 6) is 2.61. The minimum Gasteiger partial charge on any atom is -0.287 e. The van der Waals surface area contributed by atoms with E-state index in [1.165, 1.54) is 0 Å². The molecule has 7 rings (SSSR count). The van der Waals surface area contributed by atoms with Crippen molar-refractivity contribution >= 4 is 0 Å². The Morgan fingerprint density at radius 1 is 1.10 bits per heavy atom. The van der Waals surface area contributed by atoms with Gasteiger partial charge in [-0.2, -0.15) is 5.26 Å². The zero-order valence-electron chi connectivity index (χ0n) is 5.36. The average Bonchev–Trinajstić information content (AvgIpc) is 2.78. The van der Waals surface area contributed by atoms with Gasteiger partial charge in [0.05, 0.1) is 11.5 Å². The van der Waals surface area contributed by atoms with Crippen LogP contribution in [-0.4, -0.2) is 23.0 Å². The van der Waals surface area contributed by atoms with Crippen molar-refractivity contribution in [2.45, 2.75) is 18.1 Å². The molecule has 4 bridgehead atoms. The van der Waals surface area contributed by atoms with Crippen molar-refractivity contribution in [1.29, 1.82) is 5.26 Å². The summed E-state index contributed by atoms with van der Waals surface area (Å²) >= 11 is 0. The maximum absolute atomic E-state index is 8.89. The van der Waals surface area contributed by atoms with Crippen LogP contribution >= 0.6 is 0 Å². The van der Waals surface area contributed by atoms with Gasteiger partial charge < -0.3 is 0 Å². The van der Waals surface area contributed by atoms with E-state index in [-0.39, 0.29) is 5.41 Å². The molecule has 48 valence electrons. The maximum atomic E-state index is 8.89. The third-order valence-electron chi connectivity index (χ3n) is 4.69. The third-order valence-corrected chi connectivity index (χ3v) is 4.69. The van der Waals surface area contributed by atoms with Gasteiger partial charge in [-0.15, -0.1) is 0 Å². The first-order valence-electron chi connectivity index (χ1n) is 4.11. The van der Waals surface area contributed by atoms with Gasteiger partial charge in [-0.1, -0.05) is 0 Å². The SMILES string of the molecule is N#CC12C3C4C5C(C1C32)N54. The molecule has 10 heavy (non-hydrogen) atoms. The fourth-order valence-corrected chi connectivity index (χ4v) is 4.14. The lowest BCUT2D eigenvalue weighted by atomic mass is 9.79. The van der Waals surface area contributed by atoms with Gasteiger partial charge in [-0.05, 0) is 5.92 Å². The van der Waals surface area contributed by atoms with Crippen LogP contribution in [0.3, 0.4) is 0 Å². The molecule has 0 aromatic carbocycles. The van der Waals surface area contributed by atoms with Crippen molar-refractivity contribution in [3.63, 3.8) is 0 Å². The Hall–Kier alpha value is -0.550. The third kappa shape index (κ3) is 0.132. The molecule has 4 saturated carbocycles. The van der Waals surface area contributed by atoms with E-state index in [4.69, 9.17) is 5.26 Å². The van der Waals surface area contributed by atoms with Crippen LogP contribution in [0, 0.1) is 34.5 Å². The van der Waals surface area contributed by atoms with Crippen LogP contribution in [0.25, 0.3) is 0 Å². The van der Waals surface area contributed by atoms with Crippen molar-refractivity contribution in [1.82, 2.24) is 4.90 Å². The first kappa shape index (κ1) is 3.73. The molecule has 0 N–H and O–H groups in total. The molecule has 0 radical (unpaired) electrons. The van der Waals surface area contributed by atoms with Crippen LogP contribution in [0.4, 0.5) is 0 Å². The smallest absolute Gasteiger partial charge is 0.0703 e. The molecule has 2 nitrogen and oxygen atoms in total. The number of hydrogen-bond acceptors (Lipinski definition) is 2. The molecule has 4 atom stereocenters. The standard InChI is InChI=1S/C8H6N2/c9-1-8-2-3(8)5-7-6(4(2)8)10(5)7/h2-7H. The first-order valence-corrected chi connectivity index (χ1v) is 4.11.